The fourth-order valence-electron chi connectivity index (χ4n) is 3.78. The molecule has 0 radical (unpaired) electrons. The number of aliphatic imine (C=N–C) groups is 1. The summed E-state index contributed by atoms with van der Waals surface area (Å²) in [6.07, 6.45) is -0.600. The van der Waals surface area contributed by atoms with Crippen LogP contribution in [0.1, 0.15) is 46.5 Å². The van der Waals surface area contributed by atoms with Gasteiger partial charge in [-0.05, 0) is 26.7 Å². The summed E-state index contributed by atoms with van der Waals surface area (Å²) >= 11 is 0. The molecule has 2 rings (SSSR count). The molecule has 3 unspecified atom stereocenters. The van der Waals surface area contributed by atoms with Crippen LogP contribution in [0.15, 0.2) is 4.99 Å². The maximum Gasteiger partial charge on any atom is 0.403 e. The SMILES string of the molecule is CCNC(=NCC1(C)CCCCC1O)N1CCN(C(C)C(F)(F)F)CC1. The number of alkyl halides is 3. The highest BCUT2D eigenvalue weighted by Crippen LogP contribution is 2.36. The van der Waals surface area contributed by atoms with Crippen molar-refractivity contribution < 1.29 is 18.3 Å². The first-order chi connectivity index (χ1) is 12.2. The number of rotatable bonds is 4. The van der Waals surface area contributed by atoms with Crippen LogP contribution >= 0.6 is 0 Å². The van der Waals surface area contributed by atoms with Crippen molar-refractivity contribution in [3.05, 3.63) is 0 Å². The first kappa shape index (κ1) is 21.3. The molecule has 0 bridgehead atoms. The Morgan fingerprint density at radius 3 is 2.46 bits per heavy atom. The van der Waals surface area contributed by atoms with Gasteiger partial charge in [0.1, 0.15) is 6.04 Å². The average Bonchev–Trinajstić information content (AvgIpc) is 2.60. The lowest BCUT2D eigenvalue weighted by atomic mass is 9.73. The van der Waals surface area contributed by atoms with Crippen molar-refractivity contribution in [2.75, 3.05) is 39.3 Å². The fraction of sp³-hybridized carbons (Fsp3) is 0.944. The zero-order valence-electron chi connectivity index (χ0n) is 16.1. The number of aliphatic hydroxyl groups is 1. The fourth-order valence-corrected chi connectivity index (χ4v) is 3.78. The highest BCUT2D eigenvalue weighted by molar-refractivity contribution is 5.80. The number of aliphatic hydroxyl groups excluding tert-OH is 1. The van der Waals surface area contributed by atoms with Gasteiger partial charge in [-0.15, -0.1) is 0 Å². The third-order valence-electron chi connectivity index (χ3n) is 5.84. The van der Waals surface area contributed by atoms with Crippen molar-refractivity contribution in [2.24, 2.45) is 10.4 Å². The van der Waals surface area contributed by atoms with Crippen LogP contribution in [0.3, 0.4) is 0 Å². The average molecular weight is 378 g/mol. The molecule has 5 nitrogen and oxygen atoms in total. The van der Waals surface area contributed by atoms with Crippen molar-refractivity contribution in [1.29, 1.82) is 0 Å². The lowest BCUT2D eigenvalue weighted by molar-refractivity contribution is -0.181. The molecular formula is C18H33F3N4O. The summed E-state index contributed by atoms with van der Waals surface area (Å²) in [5, 5.41) is 13.6. The van der Waals surface area contributed by atoms with E-state index in [4.69, 9.17) is 4.99 Å². The van der Waals surface area contributed by atoms with Gasteiger partial charge < -0.3 is 15.3 Å². The van der Waals surface area contributed by atoms with Gasteiger partial charge in [-0.1, -0.05) is 19.8 Å². The summed E-state index contributed by atoms with van der Waals surface area (Å²) in [4.78, 5) is 8.24. The highest BCUT2D eigenvalue weighted by atomic mass is 19.4. The Labute approximate surface area is 154 Å². The second-order valence-electron chi connectivity index (χ2n) is 7.83. The van der Waals surface area contributed by atoms with Crippen LogP contribution in [0.2, 0.25) is 0 Å². The topological polar surface area (TPSA) is 51.1 Å². The van der Waals surface area contributed by atoms with Crippen LogP contribution in [-0.4, -0.2) is 78.5 Å². The Hall–Kier alpha value is -1.02. The third kappa shape index (κ3) is 5.25. The van der Waals surface area contributed by atoms with E-state index in [1.54, 1.807) is 0 Å². The molecule has 0 aromatic carbocycles. The Balaban J connectivity index is 1.97. The number of halogens is 3. The molecule has 0 aromatic heterocycles. The molecule has 8 heteroatoms. The number of nitrogens with one attached hydrogen (secondary N) is 1. The summed E-state index contributed by atoms with van der Waals surface area (Å²) in [7, 11) is 0. The van der Waals surface area contributed by atoms with Gasteiger partial charge in [0.2, 0.25) is 0 Å². The van der Waals surface area contributed by atoms with Crippen molar-refractivity contribution in [1.82, 2.24) is 15.1 Å². The maximum absolute atomic E-state index is 12.9. The normalized spacial score (nSPS) is 30.3. The largest absolute Gasteiger partial charge is 0.403 e. The van der Waals surface area contributed by atoms with Gasteiger partial charge in [0.25, 0.3) is 0 Å². The van der Waals surface area contributed by atoms with Crippen LogP contribution in [0.5, 0.6) is 0 Å². The van der Waals surface area contributed by atoms with Crippen molar-refractivity contribution in [2.45, 2.75) is 64.8 Å². The molecular weight excluding hydrogens is 345 g/mol. The number of nitrogens with zero attached hydrogens (tertiary/aromatic N) is 3. The number of guanidine groups is 1. The third-order valence-corrected chi connectivity index (χ3v) is 5.84. The number of piperazine rings is 1. The first-order valence-electron chi connectivity index (χ1n) is 9.69. The van der Waals surface area contributed by atoms with Crippen molar-refractivity contribution >= 4 is 5.96 Å². The second kappa shape index (κ2) is 8.78. The number of hydrogen-bond donors (Lipinski definition) is 2. The summed E-state index contributed by atoms with van der Waals surface area (Å²) in [6.45, 7) is 8.29. The molecule has 1 aliphatic carbocycles. The number of hydrogen-bond acceptors (Lipinski definition) is 3. The first-order valence-corrected chi connectivity index (χ1v) is 9.69. The second-order valence-corrected chi connectivity index (χ2v) is 7.83. The van der Waals surface area contributed by atoms with Crippen LogP contribution < -0.4 is 5.32 Å². The highest BCUT2D eigenvalue weighted by Gasteiger charge is 2.41. The molecule has 1 saturated heterocycles. The zero-order valence-corrected chi connectivity index (χ0v) is 16.1. The lowest BCUT2D eigenvalue weighted by Crippen LogP contribution is -2.57. The quantitative estimate of drug-likeness (QED) is 0.583. The van der Waals surface area contributed by atoms with Gasteiger partial charge in [0, 0.05) is 38.1 Å². The van der Waals surface area contributed by atoms with Gasteiger partial charge in [-0.25, -0.2) is 0 Å². The van der Waals surface area contributed by atoms with Crippen LogP contribution in [0.25, 0.3) is 0 Å². The van der Waals surface area contributed by atoms with Crippen molar-refractivity contribution in [3.63, 3.8) is 0 Å². The van der Waals surface area contributed by atoms with Crippen LogP contribution in [0, 0.1) is 5.41 Å². The Morgan fingerprint density at radius 2 is 1.92 bits per heavy atom. The van der Waals surface area contributed by atoms with E-state index in [9.17, 15) is 18.3 Å². The predicted octanol–water partition coefficient (Wildman–Crippen LogP) is 2.46. The van der Waals surface area contributed by atoms with E-state index in [1.165, 1.54) is 11.8 Å². The Morgan fingerprint density at radius 1 is 1.27 bits per heavy atom. The smallest absolute Gasteiger partial charge is 0.392 e. The molecule has 152 valence electrons. The van der Waals surface area contributed by atoms with Gasteiger partial charge >= 0.3 is 6.18 Å². The minimum absolute atomic E-state index is 0.217. The van der Waals surface area contributed by atoms with E-state index in [0.717, 1.165) is 31.6 Å². The molecule has 0 aromatic rings. The Bertz CT molecular complexity index is 478. The monoisotopic (exact) mass is 378 g/mol. The van der Waals surface area contributed by atoms with E-state index in [-0.39, 0.29) is 11.5 Å². The van der Waals surface area contributed by atoms with E-state index < -0.39 is 12.2 Å². The van der Waals surface area contributed by atoms with Crippen molar-refractivity contribution in [3.8, 4) is 0 Å². The molecule has 0 spiro atoms. The van der Waals surface area contributed by atoms with E-state index in [0.29, 0.717) is 39.3 Å². The summed E-state index contributed by atoms with van der Waals surface area (Å²) in [5.41, 5.74) is -0.217. The molecule has 2 N–H and O–H groups in total. The molecule has 26 heavy (non-hydrogen) atoms. The van der Waals surface area contributed by atoms with E-state index in [1.807, 2.05) is 11.8 Å². The minimum Gasteiger partial charge on any atom is -0.392 e. The standard InChI is InChI=1S/C18H33F3N4O/c1-4-22-16(23-13-17(3)8-6-5-7-15(17)26)25-11-9-24(10-12-25)14(2)18(19,20)21/h14-15,26H,4-13H2,1-3H3,(H,22,23). The van der Waals surface area contributed by atoms with E-state index >= 15 is 0 Å². The maximum atomic E-state index is 12.9. The van der Waals surface area contributed by atoms with Gasteiger partial charge in [-0.2, -0.15) is 13.2 Å². The molecule has 3 atom stereocenters. The molecule has 1 aliphatic heterocycles. The summed E-state index contributed by atoms with van der Waals surface area (Å²) < 4.78 is 38.7. The zero-order chi connectivity index (χ0) is 19.4. The summed E-state index contributed by atoms with van der Waals surface area (Å²) in [5.74, 6) is 0.741. The summed E-state index contributed by atoms with van der Waals surface area (Å²) in [6, 6.07) is -1.42. The van der Waals surface area contributed by atoms with Gasteiger partial charge in [0.15, 0.2) is 5.96 Å². The predicted molar refractivity (Wildman–Crippen MR) is 97.2 cm³/mol. The van der Waals surface area contributed by atoms with Crippen LogP contribution in [-0.2, 0) is 0 Å². The molecule has 1 heterocycles. The Kier molecular flexibility index (Phi) is 7.19. The minimum atomic E-state index is -4.19. The van der Waals surface area contributed by atoms with Crippen LogP contribution in [0.4, 0.5) is 13.2 Å². The lowest BCUT2D eigenvalue weighted by Gasteiger charge is -2.40. The molecule has 0 amide bonds. The van der Waals surface area contributed by atoms with E-state index in [2.05, 4.69) is 12.2 Å². The molecule has 2 fully saturated rings. The molecule has 1 saturated carbocycles. The van der Waals surface area contributed by atoms with Gasteiger partial charge in [0.05, 0.1) is 12.6 Å². The molecule has 2 aliphatic rings. The van der Waals surface area contributed by atoms with Gasteiger partial charge in [-0.3, -0.25) is 9.89 Å².